The first kappa shape index (κ1) is 12.1. The summed E-state index contributed by atoms with van der Waals surface area (Å²) in [7, 11) is 0. The van der Waals surface area contributed by atoms with Crippen LogP contribution in [-0.4, -0.2) is 4.58 Å². The summed E-state index contributed by atoms with van der Waals surface area (Å²) in [5.41, 5.74) is 1.70. The number of rotatable bonds is 4. The van der Waals surface area contributed by atoms with E-state index < -0.39 is 4.58 Å². The van der Waals surface area contributed by atoms with Gasteiger partial charge in [0.15, 0.2) is 0 Å². The van der Waals surface area contributed by atoms with E-state index in [-0.39, 0.29) is 0 Å². The average molecular weight is 267 g/mol. The Morgan fingerprint density at radius 1 is 0.647 bits per heavy atom. The molecule has 17 heavy (non-hydrogen) atoms. The van der Waals surface area contributed by atoms with Crippen molar-refractivity contribution >= 4 is 34.6 Å². The van der Waals surface area contributed by atoms with Gasteiger partial charge < -0.3 is 10.6 Å². The van der Waals surface area contributed by atoms with E-state index >= 15 is 0 Å². The normalized spacial score (nSPS) is 10.9. The molecule has 0 saturated heterocycles. The molecule has 0 atom stereocenters. The van der Waals surface area contributed by atoms with Crippen molar-refractivity contribution in [3.05, 3.63) is 60.7 Å². The third-order valence-corrected chi connectivity index (χ3v) is 2.53. The zero-order valence-electron chi connectivity index (χ0n) is 9.03. The highest BCUT2D eigenvalue weighted by Crippen LogP contribution is 2.25. The Morgan fingerprint density at radius 2 is 1.00 bits per heavy atom. The summed E-state index contributed by atoms with van der Waals surface area (Å²) in [6.07, 6.45) is 0. The van der Waals surface area contributed by atoms with E-state index in [4.69, 9.17) is 23.2 Å². The van der Waals surface area contributed by atoms with Gasteiger partial charge in [-0.15, -0.1) is 0 Å². The van der Waals surface area contributed by atoms with Crippen LogP contribution in [0.5, 0.6) is 0 Å². The lowest BCUT2D eigenvalue weighted by atomic mass is 10.3. The molecule has 2 rings (SSSR count). The van der Waals surface area contributed by atoms with E-state index in [2.05, 4.69) is 10.6 Å². The summed E-state index contributed by atoms with van der Waals surface area (Å²) in [6.45, 7) is 0. The van der Waals surface area contributed by atoms with Gasteiger partial charge in [-0.05, 0) is 24.3 Å². The van der Waals surface area contributed by atoms with Crippen molar-refractivity contribution in [1.82, 2.24) is 0 Å². The maximum atomic E-state index is 6.15. The molecule has 4 heteroatoms. The maximum absolute atomic E-state index is 6.15. The fraction of sp³-hybridized carbons (Fsp3) is 0.0769. The molecule has 0 amide bonds. The van der Waals surface area contributed by atoms with Gasteiger partial charge in [-0.3, -0.25) is 0 Å². The van der Waals surface area contributed by atoms with Crippen LogP contribution in [0.2, 0.25) is 0 Å². The number of para-hydroxylation sites is 2. The fourth-order valence-corrected chi connectivity index (χ4v) is 1.87. The zero-order chi connectivity index (χ0) is 12.1. The van der Waals surface area contributed by atoms with E-state index in [9.17, 15) is 0 Å². The smallest absolute Gasteiger partial charge is 0.265 e. The SMILES string of the molecule is ClC(Cl)(Nc1ccccc1)Nc1ccccc1. The summed E-state index contributed by atoms with van der Waals surface area (Å²) < 4.78 is -1.25. The van der Waals surface area contributed by atoms with Gasteiger partial charge in [0.25, 0.3) is 4.58 Å². The highest BCUT2D eigenvalue weighted by molar-refractivity contribution is 6.50. The molecule has 0 aliphatic carbocycles. The molecule has 2 aromatic rings. The topological polar surface area (TPSA) is 24.1 Å². The molecule has 0 saturated carbocycles. The minimum absolute atomic E-state index is 0.848. The molecule has 2 nitrogen and oxygen atoms in total. The molecular formula is C13H12Cl2N2. The van der Waals surface area contributed by atoms with Gasteiger partial charge in [-0.1, -0.05) is 59.6 Å². The predicted octanol–water partition coefficient (Wildman–Crippen LogP) is 4.30. The van der Waals surface area contributed by atoms with E-state index in [1.54, 1.807) is 0 Å². The maximum Gasteiger partial charge on any atom is 0.265 e. The van der Waals surface area contributed by atoms with Crippen LogP contribution in [0, 0.1) is 0 Å². The van der Waals surface area contributed by atoms with Gasteiger partial charge in [-0.2, -0.15) is 0 Å². The number of hydrogen-bond acceptors (Lipinski definition) is 2. The zero-order valence-corrected chi connectivity index (χ0v) is 10.5. The number of nitrogens with one attached hydrogen (secondary N) is 2. The van der Waals surface area contributed by atoms with E-state index in [1.165, 1.54) is 0 Å². The van der Waals surface area contributed by atoms with Crippen molar-refractivity contribution < 1.29 is 0 Å². The molecule has 88 valence electrons. The molecule has 0 fully saturated rings. The lowest BCUT2D eigenvalue weighted by Crippen LogP contribution is -2.34. The van der Waals surface area contributed by atoms with Crippen molar-refractivity contribution in [2.75, 3.05) is 10.6 Å². The Kier molecular flexibility index (Phi) is 3.77. The first-order chi connectivity index (χ1) is 8.16. The van der Waals surface area contributed by atoms with Crippen LogP contribution >= 0.6 is 23.2 Å². The monoisotopic (exact) mass is 266 g/mol. The number of anilines is 2. The van der Waals surface area contributed by atoms with E-state index in [0.29, 0.717) is 0 Å². The standard InChI is InChI=1S/C13H12Cl2N2/c14-13(15,16-11-7-3-1-4-8-11)17-12-9-5-2-6-10-12/h1-10,16-17H. The second kappa shape index (κ2) is 5.30. The largest absolute Gasteiger partial charge is 0.337 e. The van der Waals surface area contributed by atoms with Gasteiger partial charge >= 0.3 is 0 Å². The Labute approximate surface area is 111 Å². The minimum atomic E-state index is -1.25. The Hall–Kier alpha value is -1.38. The lowest BCUT2D eigenvalue weighted by molar-refractivity contribution is 1.03. The lowest BCUT2D eigenvalue weighted by Gasteiger charge is -2.24. The molecule has 0 heterocycles. The van der Waals surface area contributed by atoms with Gasteiger partial charge in [-0.25, -0.2) is 0 Å². The van der Waals surface area contributed by atoms with Crippen LogP contribution in [-0.2, 0) is 0 Å². The molecule has 2 aromatic carbocycles. The molecule has 0 aromatic heterocycles. The van der Waals surface area contributed by atoms with Gasteiger partial charge in [0.2, 0.25) is 0 Å². The summed E-state index contributed by atoms with van der Waals surface area (Å²) >= 11 is 12.3. The molecule has 0 unspecified atom stereocenters. The molecule has 0 spiro atoms. The molecule has 0 radical (unpaired) electrons. The number of benzene rings is 2. The van der Waals surface area contributed by atoms with Crippen LogP contribution in [0.4, 0.5) is 11.4 Å². The fourth-order valence-electron chi connectivity index (χ4n) is 1.44. The van der Waals surface area contributed by atoms with Crippen LogP contribution in [0.3, 0.4) is 0 Å². The van der Waals surface area contributed by atoms with E-state index in [1.807, 2.05) is 60.7 Å². The minimum Gasteiger partial charge on any atom is -0.337 e. The molecular weight excluding hydrogens is 255 g/mol. The summed E-state index contributed by atoms with van der Waals surface area (Å²) in [4.78, 5) is 0. The van der Waals surface area contributed by atoms with Crippen LogP contribution in [0.15, 0.2) is 60.7 Å². The molecule has 2 N–H and O–H groups in total. The third kappa shape index (κ3) is 3.84. The van der Waals surface area contributed by atoms with Crippen LogP contribution in [0.25, 0.3) is 0 Å². The van der Waals surface area contributed by atoms with Gasteiger partial charge in [0, 0.05) is 11.4 Å². The number of halogens is 2. The second-order valence-electron chi connectivity index (χ2n) is 3.56. The van der Waals surface area contributed by atoms with Crippen molar-refractivity contribution in [2.45, 2.75) is 4.58 Å². The molecule has 0 bridgehead atoms. The predicted molar refractivity (Wildman–Crippen MR) is 74.6 cm³/mol. The first-order valence-electron chi connectivity index (χ1n) is 5.20. The van der Waals surface area contributed by atoms with Crippen molar-refractivity contribution in [2.24, 2.45) is 0 Å². The average Bonchev–Trinajstić information content (AvgIpc) is 2.30. The quantitative estimate of drug-likeness (QED) is 0.490. The van der Waals surface area contributed by atoms with Gasteiger partial charge in [0.05, 0.1) is 0 Å². The van der Waals surface area contributed by atoms with Gasteiger partial charge in [0.1, 0.15) is 0 Å². The first-order valence-corrected chi connectivity index (χ1v) is 5.96. The summed E-state index contributed by atoms with van der Waals surface area (Å²) in [5.74, 6) is 0. The van der Waals surface area contributed by atoms with Crippen molar-refractivity contribution in [3.8, 4) is 0 Å². The van der Waals surface area contributed by atoms with E-state index in [0.717, 1.165) is 11.4 Å². The summed E-state index contributed by atoms with van der Waals surface area (Å²) in [6, 6.07) is 19.1. The van der Waals surface area contributed by atoms with Crippen molar-refractivity contribution in [1.29, 1.82) is 0 Å². The number of alkyl halides is 2. The highest BCUT2D eigenvalue weighted by Gasteiger charge is 2.22. The molecule has 0 aliphatic rings. The number of hydrogen-bond donors (Lipinski definition) is 2. The van der Waals surface area contributed by atoms with Crippen LogP contribution in [0.1, 0.15) is 0 Å². The Bertz CT molecular complexity index is 414. The summed E-state index contributed by atoms with van der Waals surface area (Å²) in [5, 5.41) is 5.97. The van der Waals surface area contributed by atoms with Crippen LogP contribution < -0.4 is 10.6 Å². The highest BCUT2D eigenvalue weighted by atomic mass is 35.5. The Balaban J connectivity index is 2.04. The van der Waals surface area contributed by atoms with Crippen molar-refractivity contribution in [3.63, 3.8) is 0 Å². The second-order valence-corrected chi connectivity index (χ2v) is 4.88. The third-order valence-electron chi connectivity index (χ3n) is 2.15. The molecule has 0 aliphatic heterocycles. The Morgan fingerprint density at radius 3 is 1.35 bits per heavy atom.